The fraction of sp³-hybridized carbons (Fsp3) is 0.235. The number of imide groups is 1. The highest BCUT2D eigenvalue weighted by molar-refractivity contribution is 8.14. The molecule has 0 aliphatic carbocycles. The summed E-state index contributed by atoms with van der Waals surface area (Å²) in [5.74, 6) is 0.578. The van der Waals surface area contributed by atoms with Crippen LogP contribution in [0, 0.1) is 0 Å². The SMILES string of the molecule is C=COC(=O)CCCCCOc1ccc(-c2ccc(C(=O)Sc3ccc(OCCCN4C(=O)C=CC4=O)cc3)cc2)cc1. The van der Waals surface area contributed by atoms with Gasteiger partial charge in [0.05, 0.1) is 19.5 Å². The quantitative estimate of drug-likeness (QED) is 0.0597. The van der Waals surface area contributed by atoms with E-state index in [1.165, 1.54) is 17.1 Å². The maximum absolute atomic E-state index is 12.8. The lowest BCUT2D eigenvalue weighted by atomic mass is 10.0. The summed E-state index contributed by atoms with van der Waals surface area (Å²) in [6.07, 6.45) is 7.07. The fourth-order valence-corrected chi connectivity index (χ4v) is 5.01. The first-order valence-electron chi connectivity index (χ1n) is 14.1. The van der Waals surface area contributed by atoms with Gasteiger partial charge in [0.2, 0.25) is 5.12 Å². The van der Waals surface area contributed by atoms with Crippen molar-refractivity contribution in [1.82, 2.24) is 4.90 Å². The molecule has 1 aliphatic heterocycles. The van der Waals surface area contributed by atoms with Crippen molar-refractivity contribution in [3.05, 3.63) is 103 Å². The number of hydrogen-bond donors (Lipinski definition) is 0. The average Bonchev–Trinajstić information content (AvgIpc) is 3.34. The Labute approximate surface area is 255 Å². The minimum atomic E-state index is -0.295. The molecule has 0 atom stereocenters. The van der Waals surface area contributed by atoms with Crippen molar-refractivity contribution >= 4 is 34.7 Å². The van der Waals surface area contributed by atoms with Gasteiger partial charge in [-0.2, -0.15) is 0 Å². The molecule has 0 unspecified atom stereocenters. The molecule has 0 bridgehead atoms. The number of ether oxygens (including phenoxy) is 3. The fourth-order valence-electron chi connectivity index (χ4n) is 4.27. The number of benzene rings is 3. The lowest BCUT2D eigenvalue weighted by Gasteiger charge is -2.13. The molecule has 0 spiro atoms. The van der Waals surface area contributed by atoms with E-state index < -0.39 is 0 Å². The van der Waals surface area contributed by atoms with Crippen molar-refractivity contribution in [1.29, 1.82) is 0 Å². The van der Waals surface area contributed by atoms with Gasteiger partial charge >= 0.3 is 5.97 Å². The molecular weight excluding hydrogens is 566 g/mol. The van der Waals surface area contributed by atoms with E-state index in [-0.39, 0.29) is 22.9 Å². The summed E-state index contributed by atoms with van der Waals surface area (Å²) in [6, 6.07) is 22.6. The highest BCUT2D eigenvalue weighted by Gasteiger charge is 2.22. The predicted octanol–water partition coefficient (Wildman–Crippen LogP) is 6.61. The van der Waals surface area contributed by atoms with Crippen LogP contribution in [0.4, 0.5) is 0 Å². The van der Waals surface area contributed by atoms with Crippen LogP contribution in [0.5, 0.6) is 11.5 Å². The van der Waals surface area contributed by atoms with Crippen molar-refractivity contribution in [2.45, 2.75) is 37.0 Å². The van der Waals surface area contributed by atoms with Gasteiger partial charge in [0.1, 0.15) is 11.5 Å². The molecular formula is C34H33NO7S. The zero-order valence-corrected chi connectivity index (χ0v) is 24.6. The molecule has 9 heteroatoms. The van der Waals surface area contributed by atoms with E-state index in [1.54, 1.807) is 12.1 Å². The summed E-state index contributed by atoms with van der Waals surface area (Å²) in [5.41, 5.74) is 2.62. The van der Waals surface area contributed by atoms with Gasteiger partial charge in [-0.1, -0.05) is 30.8 Å². The number of nitrogens with zero attached hydrogens (tertiary/aromatic N) is 1. The highest BCUT2D eigenvalue weighted by atomic mass is 32.2. The van der Waals surface area contributed by atoms with Crippen LogP contribution >= 0.6 is 11.8 Å². The van der Waals surface area contributed by atoms with Crippen molar-refractivity contribution in [3.63, 3.8) is 0 Å². The maximum Gasteiger partial charge on any atom is 0.310 e. The van der Waals surface area contributed by atoms with Crippen LogP contribution in [0.1, 0.15) is 42.5 Å². The summed E-state index contributed by atoms with van der Waals surface area (Å²) in [7, 11) is 0. The number of amides is 2. The number of hydrogen-bond acceptors (Lipinski definition) is 8. The molecule has 3 aromatic carbocycles. The lowest BCUT2D eigenvalue weighted by molar-refractivity contribution is -0.138. The van der Waals surface area contributed by atoms with E-state index in [0.29, 0.717) is 43.9 Å². The molecule has 4 rings (SSSR count). The molecule has 0 saturated carbocycles. The molecule has 222 valence electrons. The summed E-state index contributed by atoms with van der Waals surface area (Å²) in [6.45, 7) is 4.62. The maximum atomic E-state index is 12.8. The van der Waals surface area contributed by atoms with Gasteiger partial charge in [-0.15, -0.1) is 0 Å². The minimum Gasteiger partial charge on any atom is -0.494 e. The standard InChI is InChI=1S/C34H33NO7S/c1-2-40-33(38)7-4-3-5-23-41-28-14-12-26(13-15-28)25-8-10-27(11-9-25)34(39)43-30-18-16-29(17-19-30)42-24-6-22-35-31(36)20-21-32(35)37/h2,8-21H,1,3-7,22-24H2. The first kappa shape index (κ1) is 31.3. The third-order valence-corrected chi connectivity index (χ3v) is 7.48. The predicted molar refractivity (Wildman–Crippen MR) is 165 cm³/mol. The molecule has 0 saturated heterocycles. The Hall–Kier alpha value is -4.63. The van der Waals surface area contributed by atoms with E-state index in [2.05, 4.69) is 6.58 Å². The molecule has 1 aliphatic rings. The summed E-state index contributed by atoms with van der Waals surface area (Å²) >= 11 is 1.14. The molecule has 1 heterocycles. The molecule has 3 aromatic rings. The van der Waals surface area contributed by atoms with Crippen LogP contribution in [-0.4, -0.2) is 47.6 Å². The molecule has 0 N–H and O–H groups in total. The van der Waals surface area contributed by atoms with Crippen LogP contribution in [0.25, 0.3) is 11.1 Å². The summed E-state index contributed by atoms with van der Waals surface area (Å²) in [4.78, 5) is 49.3. The average molecular weight is 600 g/mol. The minimum absolute atomic E-state index is 0.0601. The number of thioether (sulfide) groups is 1. The number of unbranched alkanes of at least 4 members (excludes halogenated alkanes) is 2. The third kappa shape index (κ3) is 9.72. The number of carbonyl (C=O) groups is 4. The van der Waals surface area contributed by atoms with E-state index >= 15 is 0 Å². The molecule has 0 fully saturated rings. The Balaban J connectivity index is 1.17. The summed E-state index contributed by atoms with van der Waals surface area (Å²) in [5, 5.41) is -0.0601. The second-order valence-electron chi connectivity index (χ2n) is 9.64. The van der Waals surface area contributed by atoms with Crippen molar-refractivity contribution in [3.8, 4) is 22.6 Å². The van der Waals surface area contributed by atoms with Gasteiger partial charge in [0.25, 0.3) is 11.8 Å². The van der Waals surface area contributed by atoms with Crippen LogP contribution in [0.15, 0.2) is 103 Å². The molecule has 0 radical (unpaired) electrons. The van der Waals surface area contributed by atoms with Crippen LogP contribution < -0.4 is 9.47 Å². The Morgan fingerprint density at radius 1 is 0.721 bits per heavy atom. The number of carbonyl (C=O) groups excluding carboxylic acids is 4. The molecule has 43 heavy (non-hydrogen) atoms. The van der Waals surface area contributed by atoms with E-state index in [0.717, 1.165) is 59.1 Å². The normalized spacial score (nSPS) is 12.3. The largest absolute Gasteiger partial charge is 0.494 e. The Morgan fingerprint density at radius 2 is 1.28 bits per heavy atom. The van der Waals surface area contributed by atoms with Gasteiger partial charge in [0.15, 0.2) is 0 Å². The Morgan fingerprint density at radius 3 is 1.88 bits per heavy atom. The number of esters is 1. The van der Waals surface area contributed by atoms with Gasteiger partial charge in [0, 0.05) is 35.6 Å². The van der Waals surface area contributed by atoms with E-state index in [4.69, 9.17) is 14.2 Å². The first-order chi connectivity index (χ1) is 20.9. The topological polar surface area (TPSA) is 99.2 Å². The smallest absolute Gasteiger partial charge is 0.310 e. The molecule has 8 nitrogen and oxygen atoms in total. The van der Waals surface area contributed by atoms with E-state index in [9.17, 15) is 19.2 Å². The first-order valence-corrected chi connectivity index (χ1v) is 14.9. The zero-order valence-electron chi connectivity index (χ0n) is 23.7. The van der Waals surface area contributed by atoms with Crippen LogP contribution in [0.3, 0.4) is 0 Å². The Bertz CT molecular complexity index is 1430. The Kier molecular flexibility index (Phi) is 11.7. The molecule has 0 aromatic heterocycles. The number of rotatable bonds is 16. The van der Waals surface area contributed by atoms with Crippen molar-refractivity contribution in [2.75, 3.05) is 19.8 Å². The monoisotopic (exact) mass is 599 g/mol. The van der Waals surface area contributed by atoms with Crippen LogP contribution in [0.2, 0.25) is 0 Å². The van der Waals surface area contributed by atoms with Gasteiger partial charge < -0.3 is 14.2 Å². The second-order valence-corrected chi connectivity index (χ2v) is 10.7. The lowest BCUT2D eigenvalue weighted by Crippen LogP contribution is -2.31. The van der Waals surface area contributed by atoms with Crippen molar-refractivity contribution in [2.24, 2.45) is 0 Å². The van der Waals surface area contributed by atoms with Gasteiger partial charge in [-0.3, -0.25) is 24.1 Å². The highest BCUT2D eigenvalue weighted by Crippen LogP contribution is 2.28. The second kappa shape index (κ2) is 16.1. The third-order valence-electron chi connectivity index (χ3n) is 6.55. The van der Waals surface area contributed by atoms with Crippen LogP contribution in [-0.2, 0) is 19.1 Å². The zero-order chi connectivity index (χ0) is 30.4. The summed E-state index contributed by atoms with van der Waals surface area (Å²) < 4.78 is 16.2. The van der Waals surface area contributed by atoms with Gasteiger partial charge in [-0.05, 0) is 97.1 Å². The van der Waals surface area contributed by atoms with Crippen molar-refractivity contribution < 1.29 is 33.4 Å². The molecule has 2 amide bonds. The van der Waals surface area contributed by atoms with Gasteiger partial charge in [-0.25, -0.2) is 0 Å². The van der Waals surface area contributed by atoms with E-state index in [1.807, 2.05) is 60.7 Å².